The third-order valence-corrected chi connectivity index (χ3v) is 3.93. The second-order valence-corrected chi connectivity index (χ2v) is 5.66. The maximum Gasteiger partial charge on any atom is 0.147 e. The summed E-state index contributed by atoms with van der Waals surface area (Å²) in [5.41, 5.74) is 2.95. The van der Waals surface area contributed by atoms with E-state index in [1.165, 1.54) is 0 Å². The largest absolute Gasteiger partial charge is 0.299 e. The number of nitrogens with zero attached hydrogens (tertiary/aromatic N) is 1. The van der Waals surface area contributed by atoms with E-state index in [4.69, 9.17) is 11.7 Å². The fraction of sp³-hybridized carbons (Fsp3) is 0.190. The molecular formula is C21H17NO2. The van der Waals surface area contributed by atoms with Gasteiger partial charge in [-0.2, -0.15) is 5.26 Å². The molecule has 2 aromatic rings. The van der Waals surface area contributed by atoms with Crippen molar-refractivity contribution in [1.29, 1.82) is 5.26 Å². The van der Waals surface area contributed by atoms with Crippen molar-refractivity contribution in [3.8, 4) is 18.4 Å². The van der Waals surface area contributed by atoms with Gasteiger partial charge in [-0.05, 0) is 42.3 Å². The number of ketones is 2. The molecule has 1 unspecified atom stereocenters. The van der Waals surface area contributed by atoms with Gasteiger partial charge in [-0.25, -0.2) is 0 Å². The van der Waals surface area contributed by atoms with Crippen LogP contribution in [0.3, 0.4) is 0 Å². The predicted molar refractivity (Wildman–Crippen MR) is 92.1 cm³/mol. The number of carbonyl (C=O) groups excluding carboxylic acids is 2. The molecule has 24 heavy (non-hydrogen) atoms. The van der Waals surface area contributed by atoms with Crippen LogP contribution >= 0.6 is 0 Å². The molecule has 0 aliphatic carbocycles. The second-order valence-electron chi connectivity index (χ2n) is 5.66. The van der Waals surface area contributed by atoms with Crippen LogP contribution in [-0.2, 0) is 22.4 Å². The van der Waals surface area contributed by atoms with E-state index in [1.54, 1.807) is 43.3 Å². The Labute approximate surface area is 141 Å². The van der Waals surface area contributed by atoms with Gasteiger partial charge in [-0.15, -0.1) is 6.42 Å². The van der Waals surface area contributed by atoms with Crippen LogP contribution in [0.2, 0.25) is 0 Å². The molecular weight excluding hydrogens is 298 g/mol. The molecule has 2 rings (SSSR count). The first kappa shape index (κ1) is 17.2. The summed E-state index contributed by atoms with van der Waals surface area (Å²) in [5, 5.41) is 8.77. The lowest BCUT2D eigenvalue weighted by Gasteiger charge is -2.10. The average molecular weight is 315 g/mol. The zero-order chi connectivity index (χ0) is 17.5. The number of nitriles is 1. The Morgan fingerprint density at radius 1 is 0.917 bits per heavy atom. The van der Waals surface area contributed by atoms with Gasteiger partial charge in [-0.3, -0.25) is 9.59 Å². The molecule has 0 aromatic heterocycles. The first-order valence-electron chi connectivity index (χ1n) is 7.63. The summed E-state index contributed by atoms with van der Waals surface area (Å²) in [5.74, 6) is 1.64. The predicted octanol–water partition coefficient (Wildman–Crippen LogP) is 3.10. The van der Waals surface area contributed by atoms with E-state index >= 15 is 0 Å². The maximum atomic E-state index is 12.3. The number of benzene rings is 2. The van der Waals surface area contributed by atoms with Crippen LogP contribution in [0, 0.1) is 29.6 Å². The minimum atomic E-state index is -0.659. The van der Waals surface area contributed by atoms with Gasteiger partial charge in [0.15, 0.2) is 0 Å². The number of rotatable bonds is 6. The fourth-order valence-corrected chi connectivity index (χ4v) is 2.30. The SMILES string of the molecule is C#Cc1ccc(CC(=O)C(C)C(=O)Cc2ccc(C#N)cc2)cc1. The highest BCUT2D eigenvalue weighted by atomic mass is 16.1. The molecule has 118 valence electrons. The van der Waals surface area contributed by atoms with Crippen molar-refractivity contribution >= 4 is 11.6 Å². The highest BCUT2D eigenvalue weighted by Gasteiger charge is 2.21. The van der Waals surface area contributed by atoms with Gasteiger partial charge in [0.1, 0.15) is 11.6 Å². The normalized spacial score (nSPS) is 11.1. The van der Waals surface area contributed by atoms with Crippen molar-refractivity contribution in [2.45, 2.75) is 19.8 Å². The number of Topliss-reactive ketones (excluding diaryl/α,β-unsaturated/α-hetero) is 2. The Morgan fingerprint density at radius 3 is 1.71 bits per heavy atom. The van der Waals surface area contributed by atoms with Crippen LogP contribution in [-0.4, -0.2) is 11.6 Å². The van der Waals surface area contributed by atoms with E-state index in [1.807, 2.05) is 18.2 Å². The molecule has 0 aliphatic heterocycles. The lowest BCUT2D eigenvalue weighted by atomic mass is 9.92. The van der Waals surface area contributed by atoms with Crippen molar-refractivity contribution in [3.63, 3.8) is 0 Å². The van der Waals surface area contributed by atoms with E-state index in [2.05, 4.69) is 5.92 Å². The van der Waals surface area contributed by atoms with Crippen molar-refractivity contribution in [3.05, 3.63) is 70.8 Å². The highest BCUT2D eigenvalue weighted by Crippen LogP contribution is 2.12. The van der Waals surface area contributed by atoms with E-state index in [9.17, 15) is 9.59 Å². The Hall–Kier alpha value is -3.17. The minimum Gasteiger partial charge on any atom is -0.299 e. The lowest BCUT2D eigenvalue weighted by Crippen LogP contribution is -2.24. The van der Waals surface area contributed by atoms with E-state index < -0.39 is 5.92 Å². The molecule has 0 fully saturated rings. The Morgan fingerprint density at radius 2 is 1.33 bits per heavy atom. The molecule has 0 heterocycles. The van der Waals surface area contributed by atoms with Gasteiger partial charge in [0.05, 0.1) is 17.6 Å². The molecule has 1 atom stereocenters. The molecule has 0 N–H and O–H groups in total. The van der Waals surface area contributed by atoms with Crippen LogP contribution in [0.25, 0.3) is 0 Å². The third kappa shape index (κ3) is 4.41. The summed E-state index contributed by atoms with van der Waals surface area (Å²) in [6.07, 6.45) is 5.70. The molecule has 0 spiro atoms. The zero-order valence-corrected chi connectivity index (χ0v) is 13.5. The topological polar surface area (TPSA) is 57.9 Å². The number of hydrogen-bond acceptors (Lipinski definition) is 3. The number of terminal acetylenes is 1. The molecule has 3 nitrogen and oxygen atoms in total. The summed E-state index contributed by atoms with van der Waals surface area (Å²) >= 11 is 0. The van der Waals surface area contributed by atoms with Crippen LogP contribution in [0.15, 0.2) is 48.5 Å². The monoisotopic (exact) mass is 315 g/mol. The first-order chi connectivity index (χ1) is 11.5. The van der Waals surface area contributed by atoms with Crippen LogP contribution in [0.5, 0.6) is 0 Å². The first-order valence-corrected chi connectivity index (χ1v) is 7.63. The Bertz CT molecular complexity index is 747. The smallest absolute Gasteiger partial charge is 0.147 e. The second kappa shape index (κ2) is 7.90. The summed E-state index contributed by atoms with van der Waals surface area (Å²) in [7, 11) is 0. The summed E-state index contributed by atoms with van der Waals surface area (Å²) in [6.45, 7) is 1.64. The fourth-order valence-electron chi connectivity index (χ4n) is 2.30. The molecule has 0 radical (unpaired) electrons. The lowest BCUT2D eigenvalue weighted by molar-refractivity contribution is -0.131. The van der Waals surface area contributed by atoms with Crippen LogP contribution < -0.4 is 0 Å². The standard InChI is InChI=1S/C21H17NO2/c1-3-16-4-6-17(7-5-16)12-20(23)15(2)21(24)13-18-8-10-19(14-22)11-9-18/h1,4-11,15H,12-13H2,2H3. The molecule has 0 aliphatic rings. The number of carbonyl (C=O) groups is 2. The van der Waals surface area contributed by atoms with E-state index in [-0.39, 0.29) is 24.4 Å². The van der Waals surface area contributed by atoms with Gasteiger partial charge in [-0.1, -0.05) is 30.2 Å². The summed E-state index contributed by atoms with van der Waals surface area (Å²) in [4.78, 5) is 24.6. The molecule has 0 bridgehead atoms. The summed E-state index contributed by atoms with van der Waals surface area (Å²) < 4.78 is 0. The number of hydrogen-bond donors (Lipinski definition) is 0. The van der Waals surface area contributed by atoms with Crippen LogP contribution in [0.4, 0.5) is 0 Å². The summed E-state index contributed by atoms with van der Waals surface area (Å²) in [6, 6.07) is 16.0. The molecule has 0 amide bonds. The molecule has 0 saturated heterocycles. The maximum absolute atomic E-state index is 12.3. The van der Waals surface area contributed by atoms with Gasteiger partial charge in [0.2, 0.25) is 0 Å². The minimum absolute atomic E-state index is 0.109. The van der Waals surface area contributed by atoms with Crippen molar-refractivity contribution in [1.82, 2.24) is 0 Å². The van der Waals surface area contributed by atoms with E-state index in [0.29, 0.717) is 5.56 Å². The Balaban J connectivity index is 1.97. The molecule has 2 aromatic carbocycles. The van der Waals surface area contributed by atoms with Gasteiger partial charge < -0.3 is 0 Å². The average Bonchev–Trinajstić information content (AvgIpc) is 2.62. The third-order valence-electron chi connectivity index (χ3n) is 3.93. The quantitative estimate of drug-likeness (QED) is 0.608. The van der Waals surface area contributed by atoms with Gasteiger partial charge in [0.25, 0.3) is 0 Å². The Kier molecular flexibility index (Phi) is 5.66. The van der Waals surface area contributed by atoms with Gasteiger partial charge >= 0.3 is 0 Å². The van der Waals surface area contributed by atoms with Crippen LogP contribution in [0.1, 0.15) is 29.2 Å². The molecule has 0 saturated carbocycles. The zero-order valence-electron chi connectivity index (χ0n) is 13.5. The van der Waals surface area contributed by atoms with E-state index in [0.717, 1.165) is 16.7 Å². The molecule has 3 heteroatoms. The van der Waals surface area contributed by atoms with Crippen molar-refractivity contribution < 1.29 is 9.59 Å². The van der Waals surface area contributed by atoms with Crippen molar-refractivity contribution in [2.75, 3.05) is 0 Å². The van der Waals surface area contributed by atoms with Gasteiger partial charge in [0, 0.05) is 18.4 Å². The van der Waals surface area contributed by atoms with Crippen molar-refractivity contribution in [2.24, 2.45) is 5.92 Å². The highest BCUT2D eigenvalue weighted by molar-refractivity contribution is 6.03.